The normalized spacial score (nSPS) is 11.7. The summed E-state index contributed by atoms with van der Waals surface area (Å²) in [6, 6.07) is 6.52. The molecule has 0 N–H and O–H groups in total. The van der Waals surface area contributed by atoms with E-state index in [-0.39, 0.29) is 11.2 Å². The molecule has 24 heavy (non-hydrogen) atoms. The summed E-state index contributed by atoms with van der Waals surface area (Å²) in [4.78, 5) is 13.4. The predicted molar refractivity (Wildman–Crippen MR) is 103 cm³/mol. The summed E-state index contributed by atoms with van der Waals surface area (Å²) < 4.78 is 0. The van der Waals surface area contributed by atoms with Crippen LogP contribution in [0.15, 0.2) is 18.2 Å². The minimum Gasteiger partial charge on any atom is -0.289 e. The zero-order chi connectivity index (χ0) is 18.4. The standard InChI is InChI=1S/C23H30O/c1-13-10-14(2)18(6)21(17(13)5)22(24)20-15(3)11-19(12-16(20)4)23(7,8)9/h10-12H,1-9H3. The fourth-order valence-electron chi connectivity index (χ4n) is 3.44. The Labute approximate surface area is 147 Å². The average Bonchev–Trinajstić information content (AvgIpc) is 2.43. The highest BCUT2D eigenvalue weighted by Crippen LogP contribution is 2.30. The van der Waals surface area contributed by atoms with Gasteiger partial charge in [-0.2, -0.15) is 0 Å². The van der Waals surface area contributed by atoms with Gasteiger partial charge in [-0.3, -0.25) is 4.79 Å². The van der Waals surface area contributed by atoms with Gasteiger partial charge in [0.25, 0.3) is 0 Å². The first kappa shape index (κ1) is 18.4. The minimum atomic E-state index is 0.0862. The number of carbonyl (C=O) groups is 1. The molecule has 0 amide bonds. The van der Waals surface area contributed by atoms with Gasteiger partial charge in [-0.05, 0) is 85.9 Å². The summed E-state index contributed by atoms with van der Waals surface area (Å²) >= 11 is 0. The second-order valence-corrected chi connectivity index (χ2v) is 8.20. The quantitative estimate of drug-likeness (QED) is 0.614. The monoisotopic (exact) mass is 322 g/mol. The molecule has 128 valence electrons. The van der Waals surface area contributed by atoms with Crippen molar-refractivity contribution in [2.24, 2.45) is 0 Å². The predicted octanol–water partition coefficient (Wildman–Crippen LogP) is 6.07. The van der Waals surface area contributed by atoms with Crippen molar-refractivity contribution >= 4 is 5.78 Å². The van der Waals surface area contributed by atoms with E-state index < -0.39 is 0 Å². The van der Waals surface area contributed by atoms with Crippen molar-refractivity contribution in [1.29, 1.82) is 0 Å². The van der Waals surface area contributed by atoms with Gasteiger partial charge in [0, 0.05) is 11.1 Å². The van der Waals surface area contributed by atoms with E-state index in [0.717, 1.165) is 33.4 Å². The summed E-state index contributed by atoms with van der Waals surface area (Å²) in [6.45, 7) is 19.0. The van der Waals surface area contributed by atoms with Crippen molar-refractivity contribution in [3.8, 4) is 0 Å². The topological polar surface area (TPSA) is 17.1 Å². The largest absolute Gasteiger partial charge is 0.289 e. The number of carbonyl (C=O) groups excluding carboxylic acids is 1. The average molecular weight is 322 g/mol. The fraction of sp³-hybridized carbons (Fsp3) is 0.435. The van der Waals surface area contributed by atoms with Crippen molar-refractivity contribution in [1.82, 2.24) is 0 Å². The molecule has 0 spiro atoms. The third-order valence-corrected chi connectivity index (χ3v) is 5.22. The Morgan fingerprint density at radius 2 is 1.08 bits per heavy atom. The number of hydrogen-bond donors (Lipinski definition) is 0. The summed E-state index contributed by atoms with van der Waals surface area (Å²) in [5, 5.41) is 0. The lowest BCUT2D eigenvalue weighted by Crippen LogP contribution is -2.16. The lowest BCUT2D eigenvalue weighted by Gasteiger charge is -2.23. The molecular weight excluding hydrogens is 292 g/mol. The summed E-state index contributed by atoms with van der Waals surface area (Å²) in [5.41, 5.74) is 9.81. The second-order valence-electron chi connectivity index (χ2n) is 8.20. The molecule has 0 aliphatic rings. The molecule has 2 aromatic rings. The van der Waals surface area contributed by atoms with Crippen molar-refractivity contribution in [2.75, 3.05) is 0 Å². The third kappa shape index (κ3) is 3.17. The molecular formula is C23H30O. The molecule has 2 rings (SSSR count). The summed E-state index contributed by atoms with van der Waals surface area (Å²) in [5.74, 6) is 0.159. The molecule has 0 heterocycles. The van der Waals surface area contributed by atoms with E-state index in [2.05, 4.69) is 80.5 Å². The van der Waals surface area contributed by atoms with Crippen LogP contribution >= 0.6 is 0 Å². The van der Waals surface area contributed by atoms with Crippen LogP contribution in [0.25, 0.3) is 0 Å². The number of ketones is 1. The smallest absolute Gasteiger partial charge is 0.194 e. The fourth-order valence-corrected chi connectivity index (χ4v) is 3.44. The molecule has 0 bridgehead atoms. The number of aryl methyl sites for hydroxylation is 4. The van der Waals surface area contributed by atoms with E-state index in [9.17, 15) is 4.79 Å². The van der Waals surface area contributed by atoms with Gasteiger partial charge in [0.1, 0.15) is 0 Å². The lowest BCUT2D eigenvalue weighted by atomic mass is 9.81. The Morgan fingerprint density at radius 3 is 1.46 bits per heavy atom. The van der Waals surface area contributed by atoms with Crippen LogP contribution in [0.1, 0.15) is 75.6 Å². The number of hydrogen-bond acceptors (Lipinski definition) is 1. The molecule has 0 aliphatic carbocycles. The first-order chi connectivity index (χ1) is 10.9. The van der Waals surface area contributed by atoms with E-state index in [0.29, 0.717) is 0 Å². The molecule has 0 unspecified atom stereocenters. The third-order valence-electron chi connectivity index (χ3n) is 5.22. The first-order valence-corrected chi connectivity index (χ1v) is 8.69. The molecule has 0 radical (unpaired) electrons. The maximum atomic E-state index is 13.4. The SMILES string of the molecule is Cc1cc(C)c(C)c(C(=O)c2c(C)cc(C(C)(C)C)cc2C)c1C. The number of benzene rings is 2. The Bertz CT molecular complexity index is 768. The molecule has 1 heteroatoms. The molecule has 0 saturated carbocycles. The highest BCUT2D eigenvalue weighted by molar-refractivity contribution is 6.12. The van der Waals surface area contributed by atoms with Gasteiger partial charge in [-0.25, -0.2) is 0 Å². The maximum absolute atomic E-state index is 13.4. The Morgan fingerprint density at radius 1 is 0.667 bits per heavy atom. The summed E-state index contributed by atoms with van der Waals surface area (Å²) in [6.07, 6.45) is 0. The van der Waals surface area contributed by atoms with Crippen LogP contribution in [-0.4, -0.2) is 5.78 Å². The minimum absolute atomic E-state index is 0.0862. The molecule has 0 aromatic heterocycles. The van der Waals surface area contributed by atoms with Crippen LogP contribution in [0.3, 0.4) is 0 Å². The van der Waals surface area contributed by atoms with Crippen molar-refractivity contribution in [3.05, 3.63) is 68.3 Å². The second kappa shape index (κ2) is 6.20. The molecule has 0 saturated heterocycles. The van der Waals surface area contributed by atoms with Gasteiger partial charge in [0.2, 0.25) is 0 Å². The van der Waals surface area contributed by atoms with Crippen molar-refractivity contribution in [3.63, 3.8) is 0 Å². The van der Waals surface area contributed by atoms with E-state index >= 15 is 0 Å². The van der Waals surface area contributed by atoms with Crippen LogP contribution < -0.4 is 0 Å². The molecule has 2 aromatic carbocycles. The van der Waals surface area contributed by atoms with Crippen LogP contribution in [-0.2, 0) is 5.41 Å². The Balaban J connectivity index is 2.69. The molecule has 1 nitrogen and oxygen atoms in total. The molecule has 0 atom stereocenters. The van der Waals surface area contributed by atoms with Gasteiger partial charge >= 0.3 is 0 Å². The van der Waals surface area contributed by atoms with Crippen LogP contribution in [0, 0.1) is 41.5 Å². The zero-order valence-corrected chi connectivity index (χ0v) is 16.6. The molecule has 0 fully saturated rings. The van der Waals surface area contributed by atoms with E-state index in [1.54, 1.807) is 0 Å². The van der Waals surface area contributed by atoms with Gasteiger partial charge in [-0.15, -0.1) is 0 Å². The van der Waals surface area contributed by atoms with Gasteiger partial charge in [-0.1, -0.05) is 39.0 Å². The first-order valence-electron chi connectivity index (χ1n) is 8.69. The Kier molecular flexibility index (Phi) is 4.77. The van der Waals surface area contributed by atoms with Crippen molar-refractivity contribution < 1.29 is 4.79 Å². The van der Waals surface area contributed by atoms with Gasteiger partial charge in [0.05, 0.1) is 0 Å². The van der Waals surface area contributed by atoms with E-state index in [1.165, 1.54) is 16.7 Å². The van der Waals surface area contributed by atoms with Crippen molar-refractivity contribution in [2.45, 2.75) is 67.7 Å². The molecule has 0 aliphatic heterocycles. The van der Waals surface area contributed by atoms with E-state index in [1.807, 2.05) is 0 Å². The highest BCUT2D eigenvalue weighted by Gasteiger charge is 2.23. The highest BCUT2D eigenvalue weighted by atomic mass is 16.1. The van der Waals surface area contributed by atoms with Crippen LogP contribution in [0.2, 0.25) is 0 Å². The zero-order valence-electron chi connectivity index (χ0n) is 16.6. The van der Waals surface area contributed by atoms with Gasteiger partial charge < -0.3 is 0 Å². The Hall–Kier alpha value is -1.89. The van der Waals surface area contributed by atoms with E-state index in [4.69, 9.17) is 0 Å². The number of rotatable bonds is 2. The van der Waals surface area contributed by atoms with Crippen LogP contribution in [0.5, 0.6) is 0 Å². The van der Waals surface area contributed by atoms with Gasteiger partial charge in [0.15, 0.2) is 5.78 Å². The maximum Gasteiger partial charge on any atom is 0.194 e. The lowest BCUT2D eigenvalue weighted by molar-refractivity contribution is 0.103. The summed E-state index contributed by atoms with van der Waals surface area (Å²) in [7, 11) is 0. The van der Waals surface area contributed by atoms with Crippen LogP contribution in [0.4, 0.5) is 0 Å².